The van der Waals surface area contributed by atoms with Gasteiger partial charge in [0.25, 0.3) is 5.91 Å². The topological polar surface area (TPSA) is 97.4 Å². The average Bonchev–Trinajstić information content (AvgIpc) is 3.37. The molecular formula is C19H16ClN7O2S. The Kier molecular flexibility index (Phi) is 4.52. The first-order valence-corrected chi connectivity index (χ1v) is 10.5. The lowest BCUT2D eigenvalue weighted by Gasteiger charge is -2.30. The number of thiophene rings is 1. The maximum absolute atomic E-state index is 12.7. The zero-order chi connectivity index (χ0) is 20.8. The molecule has 1 aliphatic heterocycles. The Morgan fingerprint density at radius 1 is 1.20 bits per heavy atom. The third kappa shape index (κ3) is 3.23. The summed E-state index contributed by atoms with van der Waals surface area (Å²) >= 11 is 7.43. The zero-order valence-corrected chi connectivity index (χ0v) is 17.4. The Hall–Kier alpha value is -3.24. The Bertz CT molecular complexity index is 1290. The van der Waals surface area contributed by atoms with Gasteiger partial charge in [-0.3, -0.25) is 14.5 Å². The van der Waals surface area contributed by atoms with Gasteiger partial charge in [0, 0.05) is 25.5 Å². The number of halogens is 1. The molecule has 0 aromatic carbocycles. The van der Waals surface area contributed by atoms with Crippen LogP contribution in [0.15, 0.2) is 36.8 Å². The van der Waals surface area contributed by atoms with Gasteiger partial charge in [-0.05, 0) is 31.5 Å². The molecule has 0 atom stereocenters. The second-order valence-electron chi connectivity index (χ2n) is 6.88. The Morgan fingerprint density at radius 2 is 2.03 bits per heavy atom. The van der Waals surface area contributed by atoms with Crippen molar-refractivity contribution in [3.05, 3.63) is 52.4 Å². The third-order valence-corrected chi connectivity index (χ3v) is 6.22. The molecule has 11 heteroatoms. The molecule has 1 N–H and O–H groups in total. The molecule has 0 spiro atoms. The molecule has 30 heavy (non-hydrogen) atoms. The van der Waals surface area contributed by atoms with Gasteiger partial charge in [0.2, 0.25) is 5.78 Å². The molecule has 2 amide bonds. The van der Waals surface area contributed by atoms with Gasteiger partial charge in [-0.1, -0.05) is 11.6 Å². The molecule has 0 aliphatic carbocycles. The van der Waals surface area contributed by atoms with E-state index in [0.717, 1.165) is 30.1 Å². The zero-order valence-electron chi connectivity index (χ0n) is 15.9. The fourth-order valence-electron chi connectivity index (χ4n) is 3.19. The van der Waals surface area contributed by atoms with E-state index in [-0.39, 0.29) is 5.91 Å². The first-order valence-electron chi connectivity index (χ1n) is 9.26. The number of carbonyl (C=O) groups excluding carboxylic acids is 2. The molecule has 5 heterocycles. The van der Waals surface area contributed by atoms with Gasteiger partial charge in [-0.15, -0.1) is 11.3 Å². The van der Waals surface area contributed by atoms with Crippen LogP contribution in [0.1, 0.15) is 22.5 Å². The summed E-state index contributed by atoms with van der Waals surface area (Å²) in [4.78, 5) is 36.6. The van der Waals surface area contributed by atoms with Gasteiger partial charge >= 0.3 is 6.03 Å². The third-order valence-electron chi connectivity index (χ3n) is 4.96. The lowest BCUT2D eigenvalue weighted by molar-refractivity contribution is 0.0651. The molecule has 1 saturated heterocycles. The van der Waals surface area contributed by atoms with E-state index in [1.807, 2.05) is 18.3 Å². The molecule has 152 valence electrons. The van der Waals surface area contributed by atoms with Crippen LogP contribution in [0.2, 0.25) is 4.34 Å². The number of carbonyl (C=O) groups is 2. The van der Waals surface area contributed by atoms with Gasteiger partial charge < -0.3 is 4.90 Å². The molecule has 0 radical (unpaired) electrons. The Labute approximate surface area is 179 Å². The lowest BCUT2D eigenvalue weighted by Crippen LogP contribution is -2.42. The van der Waals surface area contributed by atoms with Crippen molar-refractivity contribution in [3.63, 3.8) is 0 Å². The minimum atomic E-state index is -0.496. The van der Waals surface area contributed by atoms with E-state index in [0.29, 0.717) is 27.2 Å². The summed E-state index contributed by atoms with van der Waals surface area (Å²) in [5.41, 5.74) is 1.67. The fraction of sp³-hybridized carbons (Fsp3) is 0.211. The summed E-state index contributed by atoms with van der Waals surface area (Å²) in [6.07, 6.45) is 6.04. The monoisotopic (exact) mass is 441 g/mol. The van der Waals surface area contributed by atoms with E-state index in [1.165, 1.54) is 22.2 Å². The number of nitrogens with one attached hydrogen (secondary N) is 1. The highest BCUT2D eigenvalue weighted by atomic mass is 35.5. The van der Waals surface area contributed by atoms with Gasteiger partial charge in [0.15, 0.2) is 0 Å². The molecule has 9 nitrogen and oxygen atoms in total. The number of likely N-dealkylation sites (tertiary alicyclic amines) is 1. The van der Waals surface area contributed by atoms with Crippen molar-refractivity contribution in [3.8, 4) is 10.6 Å². The predicted octanol–water partition coefficient (Wildman–Crippen LogP) is 3.54. The van der Waals surface area contributed by atoms with Crippen molar-refractivity contribution in [2.75, 3.05) is 18.4 Å². The number of aromatic nitrogens is 5. The quantitative estimate of drug-likeness (QED) is 0.524. The highest BCUT2D eigenvalue weighted by Gasteiger charge is 2.26. The number of hydrogen-bond donors (Lipinski definition) is 1. The second-order valence-corrected chi connectivity index (χ2v) is 8.60. The summed E-state index contributed by atoms with van der Waals surface area (Å²) in [5, 5.41) is 6.79. The van der Waals surface area contributed by atoms with Crippen LogP contribution in [0.3, 0.4) is 0 Å². The minimum absolute atomic E-state index is 0.101. The van der Waals surface area contributed by atoms with Crippen molar-refractivity contribution in [1.29, 1.82) is 0 Å². The normalized spacial score (nSPS) is 13.5. The number of nitrogens with zero attached hydrogens (tertiary/aromatic N) is 6. The van der Waals surface area contributed by atoms with Crippen LogP contribution < -0.4 is 5.32 Å². The molecule has 4 aromatic rings. The smallest absolute Gasteiger partial charge is 0.338 e. The molecule has 0 unspecified atom stereocenters. The van der Waals surface area contributed by atoms with Crippen molar-refractivity contribution < 1.29 is 9.59 Å². The largest absolute Gasteiger partial charge is 0.347 e. The van der Waals surface area contributed by atoms with Crippen LogP contribution in [0, 0.1) is 6.92 Å². The van der Waals surface area contributed by atoms with Gasteiger partial charge in [0.05, 0.1) is 26.7 Å². The van der Waals surface area contributed by atoms with Crippen LogP contribution >= 0.6 is 22.9 Å². The van der Waals surface area contributed by atoms with Crippen molar-refractivity contribution in [1.82, 2.24) is 29.0 Å². The summed E-state index contributed by atoms with van der Waals surface area (Å²) in [7, 11) is 0. The second kappa shape index (κ2) is 7.22. The van der Waals surface area contributed by atoms with E-state index in [9.17, 15) is 9.59 Å². The number of anilines is 1. The highest BCUT2D eigenvalue weighted by Crippen LogP contribution is 2.30. The van der Waals surface area contributed by atoms with Crippen LogP contribution in [0.5, 0.6) is 0 Å². The van der Waals surface area contributed by atoms with Gasteiger partial charge in [-0.25, -0.2) is 9.78 Å². The number of hydrogen-bond acceptors (Lipinski definition) is 6. The summed E-state index contributed by atoms with van der Waals surface area (Å²) in [6, 6.07) is 4.89. The molecule has 0 bridgehead atoms. The highest BCUT2D eigenvalue weighted by molar-refractivity contribution is 7.19. The number of imidazole rings is 1. The summed E-state index contributed by atoms with van der Waals surface area (Å²) in [5.74, 6) is 0.675. The Balaban J connectivity index is 1.37. The SMILES string of the molecule is Cc1c(C(=O)N2CCC2)cnn1C(=O)Nc1ccn2cc(-c3ccc(Cl)s3)nc2n1. The summed E-state index contributed by atoms with van der Waals surface area (Å²) in [6.45, 7) is 3.18. The first kappa shape index (κ1) is 18.8. The summed E-state index contributed by atoms with van der Waals surface area (Å²) < 4.78 is 3.62. The molecular weight excluding hydrogens is 426 g/mol. The van der Waals surface area contributed by atoms with E-state index >= 15 is 0 Å². The average molecular weight is 442 g/mol. The molecule has 4 aromatic heterocycles. The lowest BCUT2D eigenvalue weighted by atomic mass is 10.1. The predicted molar refractivity (Wildman–Crippen MR) is 113 cm³/mol. The standard InChI is InChI=1S/C19H16ClN7O2S/c1-11-12(17(28)25-6-2-7-25)9-21-27(11)19(29)24-16-5-8-26-10-13(22-18(26)23-16)14-3-4-15(20)30-14/h3-5,8-10H,2,6-7H2,1H3,(H,22,23,24,29). The van der Waals surface area contributed by atoms with Crippen LogP contribution in [-0.2, 0) is 0 Å². The van der Waals surface area contributed by atoms with E-state index < -0.39 is 6.03 Å². The number of fused-ring (bicyclic) bond motifs is 1. The maximum Gasteiger partial charge on any atom is 0.347 e. The molecule has 1 fully saturated rings. The van der Waals surface area contributed by atoms with Crippen molar-refractivity contribution in [2.45, 2.75) is 13.3 Å². The Morgan fingerprint density at radius 3 is 2.73 bits per heavy atom. The number of rotatable bonds is 3. The van der Waals surface area contributed by atoms with E-state index in [4.69, 9.17) is 11.6 Å². The van der Waals surface area contributed by atoms with E-state index in [2.05, 4.69) is 20.4 Å². The van der Waals surface area contributed by atoms with Crippen LogP contribution in [0.4, 0.5) is 10.6 Å². The van der Waals surface area contributed by atoms with Gasteiger partial charge in [0.1, 0.15) is 11.5 Å². The fourth-order valence-corrected chi connectivity index (χ4v) is 4.19. The van der Waals surface area contributed by atoms with Crippen LogP contribution in [-0.4, -0.2) is 54.1 Å². The maximum atomic E-state index is 12.7. The first-order chi connectivity index (χ1) is 14.5. The van der Waals surface area contributed by atoms with Crippen molar-refractivity contribution >= 4 is 46.5 Å². The van der Waals surface area contributed by atoms with E-state index in [1.54, 1.807) is 28.5 Å². The molecule has 5 rings (SSSR count). The van der Waals surface area contributed by atoms with Gasteiger partial charge in [-0.2, -0.15) is 14.8 Å². The minimum Gasteiger partial charge on any atom is -0.338 e. The van der Waals surface area contributed by atoms with Crippen LogP contribution in [0.25, 0.3) is 16.3 Å². The molecule has 1 aliphatic rings. The van der Waals surface area contributed by atoms with Crippen molar-refractivity contribution in [2.24, 2.45) is 0 Å². The molecule has 0 saturated carbocycles. The number of amides is 2.